The number of benzene rings is 1. The molecule has 0 bridgehead atoms. The van der Waals surface area contributed by atoms with Crippen LogP contribution < -0.4 is 4.72 Å². The molecule has 0 saturated carbocycles. The smallest absolute Gasteiger partial charge is 0.240 e. The molecule has 1 aromatic rings. The van der Waals surface area contributed by atoms with Crippen molar-refractivity contribution in [1.82, 2.24) is 4.72 Å². The molecule has 0 atom stereocenters. The zero-order valence-corrected chi connectivity index (χ0v) is 10.6. The molecule has 0 amide bonds. The maximum atomic E-state index is 11.8. The highest BCUT2D eigenvalue weighted by molar-refractivity contribution is 7.98. The first-order chi connectivity index (χ1) is 7.60. The molecule has 0 aromatic heterocycles. The van der Waals surface area contributed by atoms with Gasteiger partial charge in [0.15, 0.2) is 0 Å². The summed E-state index contributed by atoms with van der Waals surface area (Å²) >= 11 is 1.58. The average molecular weight is 261 g/mol. The molecule has 90 valence electrons. The Bertz CT molecular complexity index is 431. The van der Waals surface area contributed by atoms with Gasteiger partial charge < -0.3 is 5.11 Å². The Morgan fingerprint density at radius 3 is 2.81 bits per heavy atom. The van der Waals surface area contributed by atoms with Crippen LogP contribution in [0.5, 0.6) is 0 Å². The van der Waals surface area contributed by atoms with Gasteiger partial charge in [0.25, 0.3) is 0 Å². The van der Waals surface area contributed by atoms with Gasteiger partial charge in [-0.2, -0.15) is 11.8 Å². The minimum atomic E-state index is -3.44. The molecule has 0 aliphatic heterocycles. The van der Waals surface area contributed by atoms with Crippen LogP contribution in [0.3, 0.4) is 0 Å². The molecule has 0 radical (unpaired) electrons. The minimum Gasteiger partial charge on any atom is -0.392 e. The summed E-state index contributed by atoms with van der Waals surface area (Å²) in [6.45, 7) is 0.251. The van der Waals surface area contributed by atoms with Crippen molar-refractivity contribution in [3.05, 3.63) is 29.8 Å². The Kier molecular flexibility index (Phi) is 5.27. The van der Waals surface area contributed by atoms with Gasteiger partial charge in [-0.3, -0.25) is 0 Å². The fourth-order valence-corrected chi connectivity index (χ4v) is 2.71. The van der Waals surface area contributed by atoms with E-state index >= 15 is 0 Å². The summed E-state index contributed by atoms with van der Waals surface area (Å²) < 4.78 is 26.0. The van der Waals surface area contributed by atoms with Gasteiger partial charge in [0.2, 0.25) is 10.0 Å². The third-order valence-corrected chi connectivity index (χ3v) is 4.06. The van der Waals surface area contributed by atoms with Crippen molar-refractivity contribution in [1.29, 1.82) is 0 Å². The van der Waals surface area contributed by atoms with Gasteiger partial charge in [-0.05, 0) is 24.0 Å². The molecular weight excluding hydrogens is 246 g/mol. The van der Waals surface area contributed by atoms with E-state index in [9.17, 15) is 8.42 Å². The summed E-state index contributed by atoms with van der Waals surface area (Å²) in [5.74, 6) is 0.735. The molecule has 1 rings (SSSR count). The zero-order chi connectivity index (χ0) is 12.0. The maximum absolute atomic E-state index is 11.8. The molecule has 0 aliphatic carbocycles. The summed E-state index contributed by atoms with van der Waals surface area (Å²) in [4.78, 5) is 0.195. The number of sulfonamides is 1. The van der Waals surface area contributed by atoms with E-state index < -0.39 is 10.0 Å². The SMILES string of the molecule is CSCCNS(=O)(=O)c1cccc(CO)c1. The second-order valence-corrected chi connectivity index (χ2v) is 5.95. The quantitative estimate of drug-likeness (QED) is 0.744. The zero-order valence-electron chi connectivity index (χ0n) is 9.01. The number of aliphatic hydroxyl groups excluding tert-OH is 1. The summed E-state index contributed by atoms with van der Waals surface area (Å²) in [6.07, 6.45) is 1.92. The normalized spacial score (nSPS) is 11.6. The van der Waals surface area contributed by atoms with Crippen molar-refractivity contribution in [2.75, 3.05) is 18.6 Å². The van der Waals surface area contributed by atoms with Crippen LogP contribution in [0.25, 0.3) is 0 Å². The van der Waals surface area contributed by atoms with Crippen LogP contribution in [0.2, 0.25) is 0 Å². The van der Waals surface area contributed by atoms with Crippen molar-refractivity contribution >= 4 is 21.8 Å². The first-order valence-corrected chi connectivity index (χ1v) is 7.66. The number of hydrogen-bond acceptors (Lipinski definition) is 4. The highest BCUT2D eigenvalue weighted by atomic mass is 32.2. The lowest BCUT2D eigenvalue weighted by Gasteiger charge is -2.06. The monoisotopic (exact) mass is 261 g/mol. The number of nitrogens with one attached hydrogen (secondary N) is 1. The molecule has 16 heavy (non-hydrogen) atoms. The van der Waals surface area contributed by atoms with Crippen molar-refractivity contribution < 1.29 is 13.5 Å². The van der Waals surface area contributed by atoms with Crippen LogP contribution in [0.15, 0.2) is 29.2 Å². The third-order valence-electron chi connectivity index (χ3n) is 1.99. The summed E-state index contributed by atoms with van der Waals surface area (Å²) in [6, 6.07) is 6.29. The van der Waals surface area contributed by atoms with Crippen molar-refractivity contribution in [3.63, 3.8) is 0 Å². The number of aliphatic hydroxyl groups is 1. The van der Waals surface area contributed by atoms with Crippen LogP contribution in [0.4, 0.5) is 0 Å². The van der Waals surface area contributed by atoms with E-state index in [1.807, 2.05) is 6.26 Å². The van der Waals surface area contributed by atoms with Crippen LogP contribution in [0, 0.1) is 0 Å². The van der Waals surface area contributed by atoms with E-state index in [1.165, 1.54) is 12.1 Å². The highest BCUT2D eigenvalue weighted by Gasteiger charge is 2.12. The van der Waals surface area contributed by atoms with Crippen molar-refractivity contribution in [2.24, 2.45) is 0 Å². The number of hydrogen-bond donors (Lipinski definition) is 2. The molecule has 6 heteroatoms. The average Bonchev–Trinajstić information content (AvgIpc) is 2.29. The molecular formula is C10H15NO3S2. The standard InChI is InChI=1S/C10H15NO3S2/c1-15-6-5-11-16(13,14)10-4-2-3-9(7-10)8-12/h2-4,7,11-12H,5-6,8H2,1H3. The van der Waals surface area contributed by atoms with Crippen LogP contribution in [-0.4, -0.2) is 32.1 Å². The van der Waals surface area contributed by atoms with E-state index in [2.05, 4.69) is 4.72 Å². The number of rotatable bonds is 6. The van der Waals surface area contributed by atoms with Gasteiger partial charge in [-0.1, -0.05) is 12.1 Å². The topological polar surface area (TPSA) is 66.4 Å². The van der Waals surface area contributed by atoms with Crippen LogP contribution in [0.1, 0.15) is 5.56 Å². The Balaban J connectivity index is 2.81. The molecule has 0 spiro atoms. The fourth-order valence-electron chi connectivity index (χ4n) is 1.17. The van der Waals surface area contributed by atoms with Crippen LogP contribution >= 0.6 is 11.8 Å². The van der Waals surface area contributed by atoms with Crippen LogP contribution in [-0.2, 0) is 16.6 Å². The molecule has 0 unspecified atom stereocenters. The Labute approximate surface area is 100 Å². The molecule has 0 heterocycles. The second-order valence-electron chi connectivity index (χ2n) is 3.20. The van der Waals surface area contributed by atoms with E-state index in [4.69, 9.17) is 5.11 Å². The minimum absolute atomic E-state index is 0.159. The van der Waals surface area contributed by atoms with Gasteiger partial charge in [0.1, 0.15) is 0 Å². The van der Waals surface area contributed by atoms with E-state index in [-0.39, 0.29) is 11.5 Å². The summed E-state index contributed by atoms with van der Waals surface area (Å²) in [5, 5.41) is 8.92. The highest BCUT2D eigenvalue weighted by Crippen LogP contribution is 2.11. The molecule has 1 aromatic carbocycles. The Hall–Kier alpha value is -0.560. The lowest BCUT2D eigenvalue weighted by Crippen LogP contribution is -2.26. The predicted octanol–water partition coefficient (Wildman–Crippen LogP) is 0.820. The van der Waals surface area contributed by atoms with E-state index in [0.29, 0.717) is 12.1 Å². The van der Waals surface area contributed by atoms with Gasteiger partial charge >= 0.3 is 0 Å². The number of thioether (sulfide) groups is 1. The molecule has 0 saturated heterocycles. The fraction of sp³-hybridized carbons (Fsp3) is 0.400. The largest absolute Gasteiger partial charge is 0.392 e. The summed E-state index contributed by atoms with van der Waals surface area (Å²) in [7, 11) is -3.44. The first kappa shape index (κ1) is 13.5. The molecule has 0 fully saturated rings. The first-order valence-electron chi connectivity index (χ1n) is 4.78. The van der Waals surface area contributed by atoms with E-state index in [0.717, 1.165) is 5.75 Å². The molecule has 4 nitrogen and oxygen atoms in total. The Morgan fingerprint density at radius 1 is 1.44 bits per heavy atom. The summed E-state index contributed by atoms with van der Waals surface area (Å²) in [5.41, 5.74) is 0.591. The van der Waals surface area contributed by atoms with Gasteiger partial charge in [0.05, 0.1) is 11.5 Å². The van der Waals surface area contributed by atoms with Gasteiger partial charge in [-0.15, -0.1) is 0 Å². The van der Waals surface area contributed by atoms with E-state index in [1.54, 1.807) is 23.9 Å². The maximum Gasteiger partial charge on any atom is 0.240 e. The second kappa shape index (κ2) is 6.24. The van der Waals surface area contributed by atoms with Gasteiger partial charge in [0, 0.05) is 12.3 Å². The molecule has 2 N–H and O–H groups in total. The third kappa shape index (κ3) is 3.79. The lowest BCUT2D eigenvalue weighted by molar-refractivity contribution is 0.281. The lowest BCUT2D eigenvalue weighted by atomic mass is 10.2. The van der Waals surface area contributed by atoms with Crippen molar-refractivity contribution in [3.8, 4) is 0 Å². The molecule has 0 aliphatic rings. The predicted molar refractivity (Wildman–Crippen MR) is 65.9 cm³/mol. The Morgan fingerprint density at radius 2 is 2.19 bits per heavy atom. The van der Waals surface area contributed by atoms with Gasteiger partial charge in [-0.25, -0.2) is 13.1 Å². The van der Waals surface area contributed by atoms with Crippen molar-refractivity contribution in [2.45, 2.75) is 11.5 Å².